The molecule has 0 amide bonds. The Balaban J connectivity index is 2.99. The van der Waals surface area contributed by atoms with Gasteiger partial charge in [0, 0.05) is 5.75 Å². The minimum absolute atomic E-state index is 0.0274. The number of benzene rings is 1. The predicted molar refractivity (Wildman–Crippen MR) is 62.6 cm³/mol. The van der Waals surface area contributed by atoms with E-state index < -0.39 is 30.4 Å². The van der Waals surface area contributed by atoms with Gasteiger partial charge >= 0.3 is 5.97 Å². The first-order valence-corrected chi connectivity index (χ1v) is 5.56. The topological polar surface area (TPSA) is 77.8 Å². The fourth-order valence-corrected chi connectivity index (χ4v) is 1.60. The summed E-state index contributed by atoms with van der Waals surface area (Å²) in [6.07, 6.45) is -2.76. The third-order valence-electron chi connectivity index (χ3n) is 2.30. The van der Waals surface area contributed by atoms with E-state index in [2.05, 4.69) is 12.6 Å². The summed E-state index contributed by atoms with van der Waals surface area (Å²) < 4.78 is 13.3. The van der Waals surface area contributed by atoms with E-state index >= 15 is 0 Å². The van der Waals surface area contributed by atoms with Crippen LogP contribution in [0.25, 0.3) is 0 Å². The van der Waals surface area contributed by atoms with Crippen molar-refractivity contribution in [2.24, 2.45) is 0 Å². The summed E-state index contributed by atoms with van der Waals surface area (Å²) in [4.78, 5) is 10.5. The second-order valence-corrected chi connectivity index (χ2v) is 3.98. The molecule has 4 nitrogen and oxygen atoms in total. The molecule has 1 aromatic rings. The van der Waals surface area contributed by atoms with Crippen LogP contribution in [0.2, 0.25) is 0 Å². The Hall–Kier alpha value is -1.11. The molecule has 0 aromatic heterocycles. The minimum atomic E-state index is -1.21. The predicted octanol–water partition coefficient (Wildman–Crippen LogP) is 0.777. The molecule has 94 valence electrons. The summed E-state index contributed by atoms with van der Waals surface area (Å²) in [7, 11) is 0. The first kappa shape index (κ1) is 14.0. The average molecular weight is 260 g/mol. The van der Waals surface area contributed by atoms with Gasteiger partial charge in [-0.2, -0.15) is 12.6 Å². The Morgan fingerprint density at radius 3 is 2.59 bits per heavy atom. The van der Waals surface area contributed by atoms with Gasteiger partial charge in [0.2, 0.25) is 0 Å². The van der Waals surface area contributed by atoms with Crippen LogP contribution in [-0.4, -0.2) is 33.1 Å². The van der Waals surface area contributed by atoms with Crippen molar-refractivity contribution in [3.05, 3.63) is 35.1 Å². The number of thiol groups is 1. The molecule has 6 heteroatoms. The highest BCUT2D eigenvalue weighted by Crippen LogP contribution is 2.21. The Kier molecular flexibility index (Phi) is 4.92. The summed E-state index contributed by atoms with van der Waals surface area (Å²) in [6.45, 7) is 0. The minimum Gasteiger partial charge on any atom is -0.481 e. The molecular weight excluding hydrogens is 247 g/mol. The van der Waals surface area contributed by atoms with Crippen molar-refractivity contribution >= 4 is 18.6 Å². The average Bonchev–Trinajstić information content (AvgIpc) is 2.29. The SMILES string of the molecule is O=C(O)Cc1cc(C(O)C(O)CS)ccc1F. The summed E-state index contributed by atoms with van der Waals surface area (Å²) >= 11 is 3.83. The Morgan fingerprint density at radius 2 is 2.06 bits per heavy atom. The van der Waals surface area contributed by atoms with Gasteiger partial charge in [0.25, 0.3) is 0 Å². The van der Waals surface area contributed by atoms with E-state index in [9.17, 15) is 19.4 Å². The highest BCUT2D eigenvalue weighted by atomic mass is 32.1. The number of halogens is 1. The van der Waals surface area contributed by atoms with Crippen LogP contribution in [0.15, 0.2) is 18.2 Å². The largest absolute Gasteiger partial charge is 0.481 e. The number of carboxylic acid groups (broad SMARTS) is 1. The van der Waals surface area contributed by atoms with Crippen LogP contribution in [-0.2, 0) is 11.2 Å². The van der Waals surface area contributed by atoms with E-state index in [-0.39, 0.29) is 16.9 Å². The second-order valence-electron chi connectivity index (χ2n) is 3.62. The van der Waals surface area contributed by atoms with Crippen LogP contribution >= 0.6 is 12.6 Å². The van der Waals surface area contributed by atoms with Crippen molar-refractivity contribution in [3.63, 3.8) is 0 Å². The van der Waals surface area contributed by atoms with Crippen molar-refractivity contribution in [1.82, 2.24) is 0 Å². The van der Waals surface area contributed by atoms with Crippen LogP contribution in [0.5, 0.6) is 0 Å². The van der Waals surface area contributed by atoms with Gasteiger partial charge in [-0.25, -0.2) is 4.39 Å². The molecule has 0 aliphatic carbocycles. The van der Waals surface area contributed by atoms with Gasteiger partial charge in [0.05, 0.1) is 12.5 Å². The molecule has 17 heavy (non-hydrogen) atoms. The quantitative estimate of drug-likeness (QED) is 0.590. The standard InChI is InChI=1S/C11H13FO4S/c12-8-2-1-6(11(16)9(13)5-17)3-7(8)4-10(14)15/h1-3,9,11,13,16-17H,4-5H2,(H,14,15). The molecule has 0 aliphatic heterocycles. The molecule has 0 aliphatic rings. The number of carboxylic acids is 1. The zero-order chi connectivity index (χ0) is 13.0. The fourth-order valence-electron chi connectivity index (χ4n) is 1.40. The maximum Gasteiger partial charge on any atom is 0.307 e. The maximum atomic E-state index is 13.3. The van der Waals surface area contributed by atoms with E-state index in [0.717, 1.165) is 6.07 Å². The number of carbonyl (C=O) groups is 1. The number of hydrogen-bond donors (Lipinski definition) is 4. The van der Waals surface area contributed by atoms with Crippen LogP contribution < -0.4 is 0 Å². The molecule has 0 radical (unpaired) electrons. The van der Waals surface area contributed by atoms with Gasteiger partial charge in [0.1, 0.15) is 11.9 Å². The third kappa shape index (κ3) is 3.69. The molecular formula is C11H13FO4S. The number of aliphatic carboxylic acids is 1. The van der Waals surface area contributed by atoms with E-state index in [1.54, 1.807) is 0 Å². The Morgan fingerprint density at radius 1 is 1.41 bits per heavy atom. The molecule has 0 bridgehead atoms. The van der Waals surface area contributed by atoms with Crippen molar-refractivity contribution in [2.45, 2.75) is 18.6 Å². The highest BCUT2D eigenvalue weighted by Gasteiger charge is 2.18. The molecule has 1 rings (SSSR count). The molecule has 0 heterocycles. The van der Waals surface area contributed by atoms with Gasteiger partial charge in [-0.15, -0.1) is 0 Å². The van der Waals surface area contributed by atoms with Gasteiger partial charge in [-0.1, -0.05) is 6.07 Å². The Labute approximate surface area is 103 Å². The van der Waals surface area contributed by atoms with Gasteiger partial charge < -0.3 is 15.3 Å². The molecule has 0 saturated carbocycles. The first-order chi connectivity index (χ1) is 7.95. The molecule has 0 spiro atoms. The lowest BCUT2D eigenvalue weighted by Crippen LogP contribution is -2.20. The molecule has 2 unspecified atom stereocenters. The Bertz CT molecular complexity index is 410. The van der Waals surface area contributed by atoms with Crippen molar-refractivity contribution < 1.29 is 24.5 Å². The summed E-state index contributed by atoms with van der Waals surface area (Å²) in [5.41, 5.74) is 0.240. The lowest BCUT2D eigenvalue weighted by atomic mass is 10.0. The molecule has 0 fully saturated rings. The lowest BCUT2D eigenvalue weighted by Gasteiger charge is -2.17. The fraction of sp³-hybridized carbons (Fsp3) is 0.364. The van der Waals surface area contributed by atoms with E-state index in [0.29, 0.717) is 0 Å². The van der Waals surface area contributed by atoms with Crippen LogP contribution in [0.1, 0.15) is 17.2 Å². The number of aliphatic hydroxyl groups excluding tert-OH is 2. The molecule has 0 saturated heterocycles. The lowest BCUT2D eigenvalue weighted by molar-refractivity contribution is -0.136. The van der Waals surface area contributed by atoms with Gasteiger partial charge in [-0.3, -0.25) is 4.79 Å². The van der Waals surface area contributed by atoms with Crippen molar-refractivity contribution in [3.8, 4) is 0 Å². The maximum absolute atomic E-state index is 13.3. The number of rotatable bonds is 5. The van der Waals surface area contributed by atoms with Crippen LogP contribution in [0.3, 0.4) is 0 Å². The smallest absolute Gasteiger partial charge is 0.307 e. The van der Waals surface area contributed by atoms with Crippen molar-refractivity contribution in [2.75, 3.05) is 5.75 Å². The monoisotopic (exact) mass is 260 g/mol. The van der Waals surface area contributed by atoms with E-state index in [1.165, 1.54) is 12.1 Å². The van der Waals surface area contributed by atoms with Gasteiger partial charge in [0.15, 0.2) is 0 Å². The molecule has 3 N–H and O–H groups in total. The molecule has 1 aromatic carbocycles. The zero-order valence-corrected chi connectivity index (χ0v) is 9.77. The van der Waals surface area contributed by atoms with E-state index in [1.807, 2.05) is 0 Å². The summed E-state index contributed by atoms with van der Waals surface area (Å²) in [5.74, 6) is -1.76. The highest BCUT2D eigenvalue weighted by molar-refractivity contribution is 7.80. The summed E-state index contributed by atoms with van der Waals surface area (Å²) in [5, 5.41) is 27.6. The van der Waals surface area contributed by atoms with Crippen LogP contribution in [0, 0.1) is 5.82 Å². The first-order valence-electron chi connectivity index (χ1n) is 4.92. The molecule has 2 atom stereocenters. The van der Waals surface area contributed by atoms with Crippen molar-refractivity contribution in [1.29, 1.82) is 0 Å². The number of hydrogen-bond acceptors (Lipinski definition) is 4. The normalized spacial score (nSPS) is 14.4. The van der Waals surface area contributed by atoms with E-state index in [4.69, 9.17) is 5.11 Å². The zero-order valence-electron chi connectivity index (χ0n) is 8.88. The van der Waals surface area contributed by atoms with Gasteiger partial charge in [-0.05, 0) is 23.3 Å². The second kappa shape index (κ2) is 6.00. The van der Waals surface area contributed by atoms with Crippen LogP contribution in [0.4, 0.5) is 4.39 Å². The summed E-state index contributed by atoms with van der Waals surface area (Å²) in [6, 6.07) is 3.61. The third-order valence-corrected chi connectivity index (χ3v) is 2.68. The number of aliphatic hydroxyl groups is 2.